The van der Waals surface area contributed by atoms with Crippen molar-refractivity contribution < 1.29 is 23.8 Å². The van der Waals surface area contributed by atoms with Crippen molar-refractivity contribution in [1.82, 2.24) is 16.0 Å². The number of halogens is 1. The molecule has 166 valence electrons. The first-order chi connectivity index (χ1) is 14.5. The molecule has 0 aromatic heterocycles. The molecule has 1 saturated heterocycles. The van der Waals surface area contributed by atoms with Crippen molar-refractivity contribution >= 4 is 11.9 Å². The number of nitrogens with one attached hydrogen (secondary N) is 3. The maximum absolute atomic E-state index is 12.9. The van der Waals surface area contributed by atoms with Crippen LogP contribution < -0.4 is 16.0 Å². The average molecular weight is 422 g/mol. The Morgan fingerprint density at radius 1 is 1.03 bits per heavy atom. The lowest BCUT2D eigenvalue weighted by molar-refractivity contribution is -0.130. The smallest absolute Gasteiger partial charge is 0.315 e. The highest BCUT2D eigenvalue weighted by Crippen LogP contribution is 2.22. The van der Waals surface area contributed by atoms with Gasteiger partial charge in [0.2, 0.25) is 5.91 Å². The molecule has 0 spiro atoms. The van der Waals surface area contributed by atoms with Gasteiger partial charge >= 0.3 is 6.03 Å². The number of hydrogen-bond donors (Lipinski definition) is 4. The SMILES string of the molecule is O=C(C[C@H]1CC[C@H](NC(=O)NC2CCCCC2)[C@@H](CO)O1)NCc1ccc(F)cc1. The van der Waals surface area contributed by atoms with E-state index in [9.17, 15) is 19.1 Å². The maximum Gasteiger partial charge on any atom is 0.315 e. The number of urea groups is 1. The number of ether oxygens (including phenoxy) is 1. The summed E-state index contributed by atoms with van der Waals surface area (Å²) < 4.78 is 18.8. The van der Waals surface area contributed by atoms with Crippen LogP contribution in [0.1, 0.15) is 56.9 Å². The molecule has 1 aromatic carbocycles. The van der Waals surface area contributed by atoms with Gasteiger partial charge in [-0.05, 0) is 43.4 Å². The van der Waals surface area contributed by atoms with E-state index < -0.39 is 6.10 Å². The lowest BCUT2D eigenvalue weighted by atomic mass is 9.95. The number of amides is 3. The second-order valence-corrected chi connectivity index (χ2v) is 8.22. The zero-order chi connectivity index (χ0) is 21.3. The molecule has 7 nitrogen and oxygen atoms in total. The molecule has 0 unspecified atom stereocenters. The lowest BCUT2D eigenvalue weighted by Gasteiger charge is -2.36. The van der Waals surface area contributed by atoms with E-state index in [1.165, 1.54) is 18.6 Å². The van der Waals surface area contributed by atoms with Gasteiger partial charge in [-0.15, -0.1) is 0 Å². The summed E-state index contributed by atoms with van der Waals surface area (Å²) in [6.45, 7) is 0.100. The maximum atomic E-state index is 12.9. The van der Waals surface area contributed by atoms with Crippen LogP contribution in [0.2, 0.25) is 0 Å². The van der Waals surface area contributed by atoms with E-state index in [0.29, 0.717) is 19.4 Å². The minimum atomic E-state index is -0.536. The highest BCUT2D eigenvalue weighted by molar-refractivity contribution is 5.76. The molecule has 1 aliphatic carbocycles. The summed E-state index contributed by atoms with van der Waals surface area (Å²) in [4.78, 5) is 24.5. The van der Waals surface area contributed by atoms with Gasteiger partial charge in [0.15, 0.2) is 0 Å². The Labute approximate surface area is 176 Å². The number of benzene rings is 1. The Kier molecular flexibility index (Phi) is 8.45. The first kappa shape index (κ1) is 22.5. The van der Waals surface area contributed by atoms with Crippen LogP contribution in [0.3, 0.4) is 0 Å². The van der Waals surface area contributed by atoms with Crippen LogP contribution >= 0.6 is 0 Å². The van der Waals surface area contributed by atoms with Crippen LogP contribution in [0.4, 0.5) is 9.18 Å². The van der Waals surface area contributed by atoms with Gasteiger partial charge in [0, 0.05) is 12.6 Å². The van der Waals surface area contributed by atoms with Crippen molar-refractivity contribution in [3.05, 3.63) is 35.6 Å². The number of aliphatic hydroxyl groups is 1. The molecule has 3 amide bonds. The van der Waals surface area contributed by atoms with Crippen molar-refractivity contribution in [1.29, 1.82) is 0 Å². The van der Waals surface area contributed by atoms with Gasteiger partial charge in [-0.25, -0.2) is 9.18 Å². The molecule has 1 saturated carbocycles. The molecular weight excluding hydrogens is 389 g/mol. The summed E-state index contributed by atoms with van der Waals surface area (Å²) >= 11 is 0. The van der Waals surface area contributed by atoms with Gasteiger partial charge in [-0.2, -0.15) is 0 Å². The molecule has 0 bridgehead atoms. The van der Waals surface area contributed by atoms with Gasteiger partial charge < -0.3 is 25.8 Å². The molecule has 1 heterocycles. The highest BCUT2D eigenvalue weighted by atomic mass is 19.1. The fourth-order valence-electron chi connectivity index (χ4n) is 4.17. The monoisotopic (exact) mass is 421 g/mol. The quantitative estimate of drug-likeness (QED) is 0.543. The fraction of sp³-hybridized carbons (Fsp3) is 0.636. The van der Waals surface area contributed by atoms with Crippen LogP contribution in [0, 0.1) is 5.82 Å². The van der Waals surface area contributed by atoms with E-state index in [1.54, 1.807) is 12.1 Å². The Morgan fingerprint density at radius 3 is 2.47 bits per heavy atom. The second-order valence-electron chi connectivity index (χ2n) is 8.22. The van der Waals surface area contributed by atoms with Crippen LogP contribution in [0.5, 0.6) is 0 Å². The van der Waals surface area contributed by atoms with Crippen LogP contribution in [0.25, 0.3) is 0 Å². The van der Waals surface area contributed by atoms with Gasteiger partial charge in [0.05, 0.1) is 25.2 Å². The Bertz CT molecular complexity index is 694. The summed E-state index contributed by atoms with van der Waals surface area (Å²) in [7, 11) is 0. The van der Waals surface area contributed by atoms with Crippen LogP contribution in [-0.4, -0.2) is 47.9 Å². The van der Waals surface area contributed by atoms with Crippen molar-refractivity contribution in [2.24, 2.45) is 0 Å². The molecule has 8 heteroatoms. The molecule has 3 atom stereocenters. The van der Waals surface area contributed by atoms with E-state index in [1.807, 2.05) is 0 Å². The molecule has 1 aromatic rings. The summed E-state index contributed by atoms with van der Waals surface area (Å²) in [6, 6.07) is 5.69. The minimum absolute atomic E-state index is 0.164. The van der Waals surface area contributed by atoms with E-state index in [0.717, 1.165) is 31.2 Å². The van der Waals surface area contributed by atoms with Gasteiger partial charge in [-0.3, -0.25) is 4.79 Å². The Balaban J connectivity index is 1.40. The summed E-state index contributed by atoms with van der Waals surface area (Å²) in [5.74, 6) is -0.478. The molecule has 3 rings (SSSR count). The summed E-state index contributed by atoms with van der Waals surface area (Å²) in [5.41, 5.74) is 0.816. The van der Waals surface area contributed by atoms with Gasteiger partial charge in [0.1, 0.15) is 11.9 Å². The number of carbonyl (C=O) groups excluding carboxylic acids is 2. The predicted octanol–water partition coefficient (Wildman–Crippen LogP) is 2.37. The number of rotatable bonds is 7. The number of hydrogen-bond acceptors (Lipinski definition) is 4. The topological polar surface area (TPSA) is 99.7 Å². The molecule has 2 aliphatic rings. The lowest BCUT2D eigenvalue weighted by Crippen LogP contribution is -2.55. The first-order valence-electron chi connectivity index (χ1n) is 10.9. The minimum Gasteiger partial charge on any atom is -0.394 e. The molecular formula is C22H32FN3O4. The molecule has 30 heavy (non-hydrogen) atoms. The molecule has 1 aliphatic heterocycles. The third-order valence-corrected chi connectivity index (χ3v) is 5.87. The van der Waals surface area contributed by atoms with Crippen molar-refractivity contribution in [3.63, 3.8) is 0 Å². The van der Waals surface area contributed by atoms with Crippen molar-refractivity contribution in [3.8, 4) is 0 Å². The zero-order valence-electron chi connectivity index (χ0n) is 17.2. The largest absolute Gasteiger partial charge is 0.394 e. The Hall–Kier alpha value is -2.19. The van der Waals surface area contributed by atoms with Crippen molar-refractivity contribution in [2.45, 2.75) is 82.2 Å². The number of aliphatic hydroxyl groups excluding tert-OH is 1. The third-order valence-electron chi connectivity index (χ3n) is 5.87. The van der Waals surface area contributed by atoms with E-state index in [4.69, 9.17) is 4.74 Å². The normalized spacial score (nSPS) is 24.8. The predicted molar refractivity (Wildman–Crippen MR) is 110 cm³/mol. The summed E-state index contributed by atoms with van der Waals surface area (Å²) in [6.07, 6.45) is 6.11. The number of carbonyl (C=O) groups is 2. The van der Waals surface area contributed by atoms with E-state index >= 15 is 0 Å². The molecule has 2 fully saturated rings. The zero-order valence-corrected chi connectivity index (χ0v) is 17.2. The van der Waals surface area contributed by atoms with Crippen LogP contribution in [0.15, 0.2) is 24.3 Å². The van der Waals surface area contributed by atoms with Gasteiger partial charge in [-0.1, -0.05) is 31.4 Å². The van der Waals surface area contributed by atoms with E-state index in [-0.39, 0.29) is 49.0 Å². The standard InChI is InChI=1S/C22H32FN3O4/c23-16-8-6-15(7-9-16)13-24-21(28)12-18-10-11-19(20(14-27)30-18)26-22(29)25-17-4-2-1-3-5-17/h6-9,17-20,27H,1-5,10-14H2,(H,24,28)(H2,25,26,29)/t18-,19+,20-/m1/s1. The Morgan fingerprint density at radius 2 is 1.77 bits per heavy atom. The molecule has 4 N–H and O–H groups in total. The van der Waals surface area contributed by atoms with Crippen LogP contribution in [-0.2, 0) is 16.1 Å². The third kappa shape index (κ3) is 6.95. The fourth-order valence-corrected chi connectivity index (χ4v) is 4.17. The molecule has 0 radical (unpaired) electrons. The second kappa shape index (κ2) is 11.3. The highest BCUT2D eigenvalue weighted by Gasteiger charge is 2.33. The summed E-state index contributed by atoms with van der Waals surface area (Å²) in [5, 5.41) is 18.4. The van der Waals surface area contributed by atoms with Crippen molar-refractivity contribution in [2.75, 3.05) is 6.61 Å². The van der Waals surface area contributed by atoms with E-state index in [2.05, 4.69) is 16.0 Å². The van der Waals surface area contributed by atoms with Gasteiger partial charge in [0.25, 0.3) is 0 Å². The average Bonchev–Trinajstić information content (AvgIpc) is 2.75. The first-order valence-corrected chi connectivity index (χ1v) is 10.9.